The van der Waals surface area contributed by atoms with Crippen LogP contribution in [-0.2, 0) is 9.09 Å². The van der Waals surface area contributed by atoms with Crippen LogP contribution < -0.4 is 9.05 Å². The van der Waals surface area contributed by atoms with E-state index in [4.69, 9.17) is 13.6 Å². The first-order valence-corrected chi connectivity index (χ1v) is 13.7. The van der Waals surface area contributed by atoms with Crippen LogP contribution in [0.2, 0.25) is 0 Å². The van der Waals surface area contributed by atoms with Gasteiger partial charge in [-0.2, -0.15) is 0 Å². The second-order valence-electron chi connectivity index (χ2n) is 8.53. The molecule has 178 valence electrons. The molecule has 5 heteroatoms. The highest BCUT2D eigenvalue weighted by Crippen LogP contribution is 2.50. The number of para-hydroxylation sites is 2. The smallest absolute Gasteiger partial charge is 0.395 e. The van der Waals surface area contributed by atoms with E-state index in [0.29, 0.717) is 18.1 Å². The van der Waals surface area contributed by atoms with E-state index < -0.39 is 7.82 Å². The lowest BCUT2D eigenvalue weighted by molar-refractivity contribution is 0.204. The van der Waals surface area contributed by atoms with Crippen molar-refractivity contribution in [2.24, 2.45) is 0 Å². The Hall–Kier alpha value is -1.77. The van der Waals surface area contributed by atoms with E-state index in [9.17, 15) is 4.57 Å². The standard InChI is InChI=1S/C27H41O4P/c1-4-5-6-7-8-9-10-11-12-13-18-23-29-32(28,30-26-21-16-14-19-24(26)2)31-27-22-17-15-20-25(27)3/h14-17,19-22H,4-13,18,23H2,1-3H3. The van der Waals surface area contributed by atoms with Crippen molar-refractivity contribution in [3.63, 3.8) is 0 Å². The van der Waals surface area contributed by atoms with Crippen molar-refractivity contribution in [1.82, 2.24) is 0 Å². The second kappa shape index (κ2) is 15.1. The molecule has 32 heavy (non-hydrogen) atoms. The van der Waals surface area contributed by atoms with Crippen LogP contribution in [0, 0.1) is 13.8 Å². The molecule has 0 amide bonds. The fraction of sp³-hybridized carbons (Fsp3) is 0.556. The van der Waals surface area contributed by atoms with Gasteiger partial charge in [0.1, 0.15) is 11.5 Å². The van der Waals surface area contributed by atoms with Crippen molar-refractivity contribution in [2.75, 3.05) is 6.61 Å². The molecule has 0 spiro atoms. The van der Waals surface area contributed by atoms with Crippen molar-refractivity contribution < 1.29 is 18.1 Å². The molecule has 0 aliphatic heterocycles. The third kappa shape index (κ3) is 10.2. The maximum absolute atomic E-state index is 13.5. The number of unbranched alkanes of at least 4 members (excludes halogenated alkanes) is 10. The van der Waals surface area contributed by atoms with Crippen molar-refractivity contribution in [1.29, 1.82) is 0 Å². The van der Waals surface area contributed by atoms with Crippen LogP contribution >= 0.6 is 7.82 Å². The van der Waals surface area contributed by atoms with Gasteiger partial charge in [0.05, 0.1) is 6.61 Å². The average Bonchev–Trinajstić information content (AvgIpc) is 2.78. The average molecular weight is 461 g/mol. The third-order valence-corrected chi connectivity index (χ3v) is 6.94. The summed E-state index contributed by atoms with van der Waals surface area (Å²) >= 11 is 0. The van der Waals surface area contributed by atoms with Crippen molar-refractivity contribution >= 4 is 7.82 Å². The summed E-state index contributed by atoms with van der Waals surface area (Å²) in [7, 11) is -3.80. The fourth-order valence-corrected chi connectivity index (χ4v) is 4.96. The van der Waals surface area contributed by atoms with Gasteiger partial charge in [-0.25, -0.2) is 4.57 Å². The SMILES string of the molecule is CCCCCCCCCCCCCOP(=O)(Oc1ccccc1C)Oc1ccccc1C. The van der Waals surface area contributed by atoms with Gasteiger partial charge in [0.15, 0.2) is 0 Å². The number of phosphoric acid groups is 1. The molecule has 0 saturated carbocycles. The van der Waals surface area contributed by atoms with Gasteiger partial charge in [0.2, 0.25) is 0 Å². The molecule has 0 fully saturated rings. The normalized spacial score (nSPS) is 11.5. The molecular weight excluding hydrogens is 419 g/mol. The van der Waals surface area contributed by atoms with E-state index in [1.54, 1.807) is 12.1 Å². The molecule has 2 aromatic rings. The number of benzene rings is 2. The van der Waals surface area contributed by atoms with Crippen molar-refractivity contribution in [3.8, 4) is 11.5 Å². The Morgan fingerprint density at radius 3 is 1.47 bits per heavy atom. The van der Waals surface area contributed by atoms with E-state index in [0.717, 1.165) is 24.0 Å². The molecule has 0 N–H and O–H groups in total. The summed E-state index contributed by atoms with van der Waals surface area (Å²) in [5.74, 6) is 1.03. The number of rotatable bonds is 17. The summed E-state index contributed by atoms with van der Waals surface area (Å²) in [5.41, 5.74) is 1.78. The number of phosphoric ester groups is 1. The Labute approximate surface area is 195 Å². The van der Waals surface area contributed by atoms with Crippen LogP contribution in [0.15, 0.2) is 48.5 Å². The number of aryl methyl sites for hydroxylation is 2. The molecule has 0 saturated heterocycles. The van der Waals surface area contributed by atoms with E-state index in [2.05, 4.69) is 6.92 Å². The van der Waals surface area contributed by atoms with E-state index in [-0.39, 0.29) is 0 Å². The molecule has 2 aromatic carbocycles. The monoisotopic (exact) mass is 460 g/mol. The Morgan fingerprint density at radius 1 is 0.625 bits per heavy atom. The molecule has 0 aromatic heterocycles. The van der Waals surface area contributed by atoms with Crippen molar-refractivity contribution in [3.05, 3.63) is 59.7 Å². The summed E-state index contributed by atoms with van der Waals surface area (Å²) < 4.78 is 30.8. The highest BCUT2D eigenvalue weighted by molar-refractivity contribution is 7.49. The fourth-order valence-electron chi connectivity index (χ4n) is 3.57. The molecule has 0 radical (unpaired) electrons. The Bertz CT molecular complexity index is 769. The molecule has 4 nitrogen and oxygen atoms in total. The lowest BCUT2D eigenvalue weighted by Gasteiger charge is -2.20. The molecular formula is C27H41O4P. The molecule has 0 unspecified atom stereocenters. The van der Waals surface area contributed by atoms with Crippen LogP contribution in [0.1, 0.15) is 88.7 Å². The molecule has 0 bridgehead atoms. The first-order chi connectivity index (χ1) is 15.5. The van der Waals surface area contributed by atoms with Crippen molar-refractivity contribution in [2.45, 2.75) is 91.4 Å². The molecule has 0 aliphatic carbocycles. The minimum Gasteiger partial charge on any atom is -0.395 e. The first kappa shape index (κ1) is 26.5. The topological polar surface area (TPSA) is 44.8 Å². The van der Waals surface area contributed by atoms with Crippen LogP contribution in [0.4, 0.5) is 0 Å². The van der Waals surface area contributed by atoms with Crippen LogP contribution in [0.5, 0.6) is 11.5 Å². The minimum atomic E-state index is -3.80. The van der Waals surface area contributed by atoms with Crippen LogP contribution in [0.25, 0.3) is 0 Å². The zero-order valence-electron chi connectivity index (χ0n) is 20.2. The lowest BCUT2D eigenvalue weighted by Crippen LogP contribution is -2.07. The predicted molar refractivity (Wildman–Crippen MR) is 134 cm³/mol. The summed E-state index contributed by atoms with van der Waals surface area (Å²) in [6, 6.07) is 14.9. The van der Waals surface area contributed by atoms with Crippen LogP contribution in [0.3, 0.4) is 0 Å². The minimum absolute atomic E-state index is 0.353. The summed E-state index contributed by atoms with van der Waals surface area (Å²) in [4.78, 5) is 0. The Kier molecular flexibility index (Phi) is 12.5. The molecule has 2 rings (SSSR count). The van der Waals surface area contributed by atoms with E-state index in [1.807, 2.05) is 50.2 Å². The molecule has 0 heterocycles. The van der Waals surface area contributed by atoms with Gasteiger partial charge in [-0.15, -0.1) is 0 Å². The van der Waals surface area contributed by atoms with Gasteiger partial charge in [0.25, 0.3) is 0 Å². The summed E-state index contributed by atoms with van der Waals surface area (Å²) in [6.07, 6.45) is 13.8. The Morgan fingerprint density at radius 2 is 1.03 bits per heavy atom. The maximum atomic E-state index is 13.5. The third-order valence-electron chi connectivity index (χ3n) is 5.60. The summed E-state index contributed by atoms with van der Waals surface area (Å²) in [5, 5.41) is 0. The van der Waals surface area contributed by atoms with Gasteiger partial charge in [0, 0.05) is 0 Å². The zero-order chi connectivity index (χ0) is 23.1. The maximum Gasteiger partial charge on any atom is 0.587 e. The quantitative estimate of drug-likeness (QED) is 0.174. The predicted octanol–water partition coefficient (Wildman–Crippen LogP) is 9.20. The zero-order valence-corrected chi connectivity index (χ0v) is 21.1. The highest BCUT2D eigenvalue weighted by Gasteiger charge is 2.31. The lowest BCUT2D eigenvalue weighted by atomic mass is 10.1. The van der Waals surface area contributed by atoms with Gasteiger partial charge in [-0.3, -0.25) is 4.52 Å². The van der Waals surface area contributed by atoms with Gasteiger partial charge in [-0.05, 0) is 43.5 Å². The largest absolute Gasteiger partial charge is 0.587 e. The van der Waals surface area contributed by atoms with Gasteiger partial charge < -0.3 is 9.05 Å². The Balaban J connectivity index is 1.77. The highest BCUT2D eigenvalue weighted by atomic mass is 31.2. The van der Waals surface area contributed by atoms with Crippen LogP contribution in [-0.4, -0.2) is 6.61 Å². The van der Waals surface area contributed by atoms with E-state index >= 15 is 0 Å². The molecule has 0 atom stereocenters. The van der Waals surface area contributed by atoms with Gasteiger partial charge in [-0.1, -0.05) is 108 Å². The summed E-state index contributed by atoms with van der Waals surface area (Å²) in [6.45, 7) is 6.44. The first-order valence-electron chi connectivity index (χ1n) is 12.3. The van der Waals surface area contributed by atoms with E-state index in [1.165, 1.54) is 57.8 Å². The molecule has 0 aliphatic rings. The number of hydrogen-bond acceptors (Lipinski definition) is 4. The number of hydrogen-bond donors (Lipinski definition) is 0. The van der Waals surface area contributed by atoms with Gasteiger partial charge >= 0.3 is 7.82 Å². The second-order valence-corrected chi connectivity index (χ2v) is 10.0.